The van der Waals surface area contributed by atoms with Crippen LogP contribution in [0.15, 0.2) is 12.7 Å². The first-order valence-electron chi connectivity index (χ1n) is 8.19. The van der Waals surface area contributed by atoms with Gasteiger partial charge in [0.05, 0.1) is 12.7 Å². The van der Waals surface area contributed by atoms with E-state index in [0.717, 1.165) is 12.8 Å². The first-order chi connectivity index (χ1) is 9.93. The summed E-state index contributed by atoms with van der Waals surface area (Å²) in [5, 5.41) is 9.76. The minimum atomic E-state index is -1.93. The number of aliphatic hydroxyl groups is 1. The van der Waals surface area contributed by atoms with Gasteiger partial charge in [0.25, 0.3) is 0 Å². The number of aliphatic hydroxyl groups excluding tert-OH is 1. The van der Waals surface area contributed by atoms with Gasteiger partial charge in [0.2, 0.25) is 0 Å². The van der Waals surface area contributed by atoms with E-state index in [2.05, 4.69) is 40.4 Å². The van der Waals surface area contributed by atoms with E-state index in [9.17, 15) is 5.11 Å². The van der Waals surface area contributed by atoms with E-state index >= 15 is 0 Å². The Morgan fingerprint density at radius 3 is 2.36 bits per heavy atom. The lowest BCUT2D eigenvalue weighted by atomic mass is 10.0. The topological polar surface area (TPSA) is 47.9 Å². The maximum atomic E-state index is 9.63. The van der Waals surface area contributed by atoms with Crippen molar-refractivity contribution in [1.29, 1.82) is 0 Å². The van der Waals surface area contributed by atoms with Gasteiger partial charge in [-0.25, -0.2) is 0 Å². The molecule has 0 aromatic heterocycles. The Morgan fingerprint density at radius 2 is 1.91 bits per heavy atom. The zero-order valence-corrected chi connectivity index (χ0v) is 16.3. The summed E-state index contributed by atoms with van der Waals surface area (Å²) >= 11 is 0. The molecule has 0 unspecified atom stereocenters. The smallest absolute Gasteiger partial charge is 0.192 e. The molecular weight excluding hydrogens is 296 g/mol. The highest BCUT2D eigenvalue weighted by Gasteiger charge is 2.48. The van der Waals surface area contributed by atoms with Crippen molar-refractivity contribution >= 4 is 8.32 Å². The Hall–Kier alpha value is -0.203. The summed E-state index contributed by atoms with van der Waals surface area (Å²) in [5.41, 5.74) is 0. The Kier molecular flexibility index (Phi) is 6.44. The molecule has 130 valence electrons. The van der Waals surface area contributed by atoms with Gasteiger partial charge < -0.3 is 19.0 Å². The number of rotatable bonds is 7. The van der Waals surface area contributed by atoms with Crippen molar-refractivity contribution in [3.63, 3.8) is 0 Å². The van der Waals surface area contributed by atoms with Gasteiger partial charge in [0, 0.05) is 0 Å². The van der Waals surface area contributed by atoms with Crippen molar-refractivity contribution in [2.24, 2.45) is 0 Å². The summed E-state index contributed by atoms with van der Waals surface area (Å²) in [6.07, 6.45) is 2.92. The molecule has 0 saturated carbocycles. The Morgan fingerprint density at radius 1 is 1.32 bits per heavy atom. The van der Waals surface area contributed by atoms with Gasteiger partial charge in [0.15, 0.2) is 14.1 Å². The Labute approximate surface area is 137 Å². The van der Waals surface area contributed by atoms with Crippen LogP contribution in [0.2, 0.25) is 18.1 Å². The second-order valence-corrected chi connectivity index (χ2v) is 12.9. The molecule has 4 nitrogen and oxygen atoms in total. The number of hydrogen-bond acceptors (Lipinski definition) is 4. The minimum absolute atomic E-state index is 0.0560. The molecule has 1 aliphatic rings. The van der Waals surface area contributed by atoms with Crippen LogP contribution in [0.1, 0.15) is 47.5 Å². The number of hydrogen-bond donors (Lipinski definition) is 1. The van der Waals surface area contributed by atoms with Crippen LogP contribution >= 0.6 is 0 Å². The normalized spacial score (nSPS) is 26.9. The SMILES string of the molecule is C=CCC[C@H](O[Si](C)(C)C(C)(C)C)[C@H]1OC(C)(C)O[C@@H]1CO. The molecular formula is C17H34O4Si. The largest absolute Gasteiger partial charge is 0.411 e. The molecule has 0 aromatic rings. The van der Waals surface area contributed by atoms with E-state index in [1.54, 1.807) is 0 Å². The third kappa shape index (κ3) is 4.90. The molecule has 0 bridgehead atoms. The van der Waals surface area contributed by atoms with E-state index in [1.807, 2.05) is 19.9 Å². The lowest BCUT2D eigenvalue weighted by Crippen LogP contribution is -2.49. The number of allylic oxidation sites excluding steroid dienone is 1. The first-order valence-corrected chi connectivity index (χ1v) is 11.1. The average molecular weight is 331 g/mol. The van der Waals surface area contributed by atoms with Crippen molar-refractivity contribution in [3.05, 3.63) is 12.7 Å². The third-order valence-electron chi connectivity index (χ3n) is 4.68. The molecule has 0 spiro atoms. The molecule has 1 N–H and O–H groups in total. The van der Waals surface area contributed by atoms with Crippen molar-refractivity contribution in [2.45, 2.75) is 89.7 Å². The van der Waals surface area contributed by atoms with Gasteiger partial charge >= 0.3 is 0 Å². The average Bonchev–Trinajstić information content (AvgIpc) is 2.68. The van der Waals surface area contributed by atoms with Crippen LogP contribution in [-0.2, 0) is 13.9 Å². The Bertz CT molecular complexity index is 373. The molecule has 3 atom stereocenters. The molecule has 0 amide bonds. The predicted octanol–water partition coefficient (Wildman–Crippen LogP) is 3.86. The van der Waals surface area contributed by atoms with Crippen LogP contribution in [0.4, 0.5) is 0 Å². The summed E-state index contributed by atoms with van der Waals surface area (Å²) in [7, 11) is -1.93. The highest BCUT2D eigenvalue weighted by molar-refractivity contribution is 6.74. The summed E-state index contributed by atoms with van der Waals surface area (Å²) in [6.45, 7) is 18.7. The third-order valence-corrected chi connectivity index (χ3v) is 9.18. The Balaban J connectivity index is 2.95. The van der Waals surface area contributed by atoms with E-state index < -0.39 is 14.1 Å². The van der Waals surface area contributed by atoms with Crippen LogP contribution in [0.25, 0.3) is 0 Å². The molecule has 0 aliphatic carbocycles. The fraction of sp³-hybridized carbons (Fsp3) is 0.882. The van der Waals surface area contributed by atoms with Crippen molar-refractivity contribution in [1.82, 2.24) is 0 Å². The fourth-order valence-corrected chi connectivity index (χ4v) is 3.81. The van der Waals surface area contributed by atoms with Crippen molar-refractivity contribution in [2.75, 3.05) is 6.61 Å². The highest BCUT2D eigenvalue weighted by atomic mass is 28.4. The summed E-state index contributed by atoms with van der Waals surface area (Å²) < 4.78 is 18.4. The van der Waals surface area contributed by atoms with Gasteiger partial charge in [-0.15, -0.1) is 6.58 Å². The standard InChI is InChI=1S/C17H34O4Si/c1-9-10-11-13(21-22(7,8)16(2,3)4)15-14(12-18)19-17(5,6)20-15/h9,13-15,18H,1,10-12H2,2-8H3/t13-,14+,15+/m0/s1. The zero-order valence-electron chi connectivity index (χ0n) is 15.3. The van der Waals surface area contributed by atoms with E-state index in [1.165, 1.54) is 0 Å². The van der Waals surface area contributed by atoms with Crippen molar-refractivity contribution in [3.8, 4) is 0 Å². The maximum absolute atomic E-state index is 9.63. The van der Waals surface area contributed by atoms with E-state index in [-0.39, 0.29) is 30.0 Å². The number of ether oxygens (including phenoxy) is 2. The van der Waals surface area contributed by atoms with Gasteiger partial charge in [0.1, 0.15) is 12.2 Å². The van der Waals surface area contributed by atoms with Crippen molar-refractivity contribution < 1.29 is 19.0 Å². The van der Waals surface area contributed by atoms with E-state index in [4.69, 9.17) is 13.9 Å². The minimum Gasteiger partial charge on any atom is -0.411 e. The lowest BCUT2D eigenvalue weighted by molar-refractivity contribution is -0.156. The molecule has 1 aliphatic heterocycles. The quantitative estimate of drug-likeness (QED) is 0.569. The molecule has 1 saturated heterocycles. The molecule has 5 heteroatoms. The predicted molar refractivity (Wildman–Crippen MR) is 92.4 cm³/mol. The van der Waals surface area contributed by atoms with Gasteiger partial charge in [-0.05, 0) is 44.8 Å². The van der Waals surface area contributed by atoms with Gasteiger partial charge in [-0.1, -0.05) is 26.8 Å². The first kappa shape index (κ1) is 19.8. The summed E-state index contributed by atoms with van der Waals surface area (Å²) in [6, 6.07) is 0. The fourth-order valence-electron chi connectivity index (χ4n) is 2.45. The van der Waals surface area contributed by atoms with Crippen LogP contribution in [-0.4, -0.2) is 44.1 Å². The molecule has 1 fully saturated rings. The van der Waals surface area contributed by atoms with Gasteiger partial charge in [-0.3, -0.25) is 0 Å². The monoisotopic (exact) mass is 330 g/mol. The molecule has 22 heavy (non-hydrogen) atoms. The second kappa shape index (κ2) is 7.14. The summed E-state index contributed by atoms with van der Waals surface area (Å²) in [5.74, 6) is -0.679. The lowest BCUT2D eigenvalue weighted by Gasteiger charge is -2.41. The maximum Gasteiger partial charge on any atom is 0.192 e. The van der Waals surface area contributed by atoms with Crippen LogP contribution in [0.5, 0.6) is 0 Å². The second-order valence-electron chi connectivity index (χ2n) is 8.10. The van der Waals surface area contributed by atoms with Crippen LogP contribution in [0, 0.1) is 0 Å². The van der Waals surface area contributed by atoms with Gasteiger partial charge in [-0.2, -0.15) is 0 Å². The molecule has 0 aromatic carbocycles. The van der Waals surface area contributed by atoms with Crippen LogP contribution < -0.4 is 0 Å². The molecule has 1 heterocycles. The highest BCUT2D eigenvalue weighted by Crippen LogP contribution is 2.40. The van der Waals surface area contributed by atoms with E-state index in [0.29, 0.717) is 0 Å². The zero-order chi connectivity index (χ0) is 17.2. The van der Waals surface area contributed by atoms with Crippen LogP contribution in [0.3, 0.4) is 0 Å². The molecule has 1 rings (SSSR count). The molecule has 0 radical (unpaired) electrons. The summed E-state index contributed by atoms with van der Waals surface area (Å²) in [4.78, 5) is 0.